The van der Waals surface area contributed by atoms with Crippen LogP contribution >= 0.6 is 39.3 Å². The Morgan fingerprint density at radius 3 is 2.78 bits per heavy atom. The van der Waals surface area contributed by atoms with Gasteiger partial charge in [0.25, 0.3) is 0 Å². The number of ether oxygens (including phenoxy) is 1. The molecule has 0 radical (unpaired) electrons. The van der Waals surface area contributed by atoms with Crippen molar-refractivity contribution in [2.24, 2.45) is 0 Å². The SMILES string of the molecule is CSc1nc(N)cc(Oc2ccc(Cl)cc2Br)n1. The summed E-state index contributed by atoms with van der Waals surface area (Å²) in [5, 5.41) is 1.19. The smallest absolute Gasteiger partial charge is 0.225 e. The Bertz CT molecular complexity index is 582. The van der Waals surface area contributed by atoms with Gasteiger partial charge in [-0.05, 0) is 40.4 Å². The van der Waals surface area contributed by atoms with Crippen molar-refractivity contribution in [1.82, 2.24) is 9.97 Å². The fourth-order valence-corrected chi connectivity index (χ4v) is 2.38. The third kappa shape index (κ3) is 3.28. The first-order chi connectivity index (χ1) is 8.58. The van der Waals surface area contributed by atoms with E-state index in [0.717, 1.165) is 4.47 Å². The van der Waals surface area contributed by atoms with Gasteiger partial charge in [-0.2, -0.15) is 4.98 Å². The maximum Gasteiger partial charge on any atom is 0.225 e. The van der Waals surface area contributed by atoms with E-state index in [2.05, 4.69) is 25.9 Å². The van der Waals surface area contributed by atoms with Crippen LogP contribution in [0.15, 0.2) is 33.9 Å². The fraction of sp³-hybridized carbons (Fsp3) is 0.0909. The van der Waals surface area contributed by atoms with Crippen molar-refractivity contribution in [3.8, 4) is 11.6 Å². The highest BCUT2D eigenvalue weighted by atomic mass is 79.9. The summed E-state index contributed by atoms with van der Waals surface area (Å²) in [4.78, 5) is 8.25. The number of rotatable bonds is 3. The van der Waals surface area contributed by atoms with Crippen LogP contribution in [0.1, 0.15) is 0 Å². The van der Waals surface area contributed by atoms with Crippen LogP contribution < -0.4 is 10.5 Å². The average Bonchev–Trinajstić information content (AvgIpc) is 2.32. The molecule has 0 spiro atoms. The first kappa shape index (κ1) is 13.5. The van der Waals surface area contributed by atoms with E-state index in [1.54, 1.807) is 24.3 Å². The molecule has 0 saturated carbocycles. The van der Waals surface area contributed by atoms with E-state index >= 15 is 0 Å². The lowest BCUT2D eigenvalue weighted by atomic mass is 10.3. The van der Waals surface area contributed by atoms with Crippen LogP contribution in [-0.4, -0.2) is 16.2 Å². The minimum Gasteiger partial charge on any atom is -0.438 e. The molecule has 1 aromatic carbocycles. The van der Waals surface area contributed by atoms with Gasteiger partial charge in [0.1, 0.15) is 11.6 Å². The van der Waals surface area contributed by atoms with E-state index < -0.39 is 0 Å². The average molecular weight is 347 g/mol. The Hall–Kier alpha value is -0.980. The lowest BCUT2D eigenvalue weighted by Crippen LogP contribution is -1.97. The Morgan fingerprint density at radius 2 is 2.11 bits per heavy atom. The van der Waals surface area contributed by atoms with Gasteiger partial charge in [0, 0.05) is 11.1 Å². The lowest BCUT2D eigenvalue weighted by Gasteiger charge is -2.08. The second-order valence-corrected chi connectivity index (χ2v) is 5.36. The van der Waals surface area contributed by atoms with Crippen molar-refractivity contribution in [2.75, 3.05) is 12.0 Å². The monoisotopic (exact) mass is 345 g/mol. The summed E-state index contributed by atoms with van der Waals surface area (Å²) < 4.78 is 6.39. The summed E-state index contributed by atoms with van der Waals surface area (Å²) >= 11 is 10.6. The molecule has 1 heterocycles. The maximum atomic E-state index is 5.86. The second kappa shape index (κ2) is 5.77. The van der Waals surface area contributed by atoms with Crippen LogP contribution in [0.25, 0.3) is 0 Å². The highest BCUT2D eigenvalue weighted by molar-refractivity contribution is 9.10. The first-order valence-corrected chi connectivity index (χ1v) is 7.29. The summed E-state index contributed by atoms with van der Waals surface area (Å²) in [6, 6.07) is 6.81. The molecule has 0 atom stereocenters. The third-order valence-electron chi connectivity index (χ3n) is 1.99. The van der Waals surface area contributed by atoms with Crippen molar-refractivity contribution in [3.05, 3.63) is 33.8 Å². The van der Waals surface area contributed by atoms with Crippen molar-refractivity contribution < 1.29 is 4.74 Å². The first-order valence-electron chi connectivity index (χ1n) is 4.90. The minimum atomic E-state index is 0.370. The zero-order valence-electron chi connectivity index (χ0n) is 9.35. The molecular formula is C11H9BrClN3OS. The molecule has 0 aliphatic carbocycles. The Kier molecular flexibility index (Phi) is 4.31. The minimum absolute atomic E-state index is 0.370. The van der Waals surface area contributed by atoms with E-state index in [-0.39, 0.29) is 0 Å². The quantitative estimate of drug-likeness (QED) is 0.672. The molecule has 0 aliphatic rings. The molecule has 18 heavy (non-hydrogen) atoms. The molecule has 0 amide bonds. The summed E-state index contributed by atoms with van der Waals surface area (Å²) in [6.07, 6.45) is 1.87. The number of hydrogen-bond donors (Lipinski definition) is 1. The topological polar surface area (TPSA) is 61.0 Å². The second-order valence-electron chi connectivity index (χ2n) is 3.29. The van der Waals surface area contributed by atoms with Crippen molar-refractivity contribution in [1.29, 1.82) is 0 Å². The fourth-order valence-electron chi connectivity index (χ4n) is 1.23. The van der Waals surface area contributed by atoms with Gasteiger partial charge in [-0.25, -0.2) is 4.98 Å². The molecule has 0 unspecified atom stereocenters. The van der Waals surface area contributed by atoms with Crippen molar-refractivity contribution in [3.63, 3.8) is 0 Å². The van der Waals surface area contributed by atoms with Crippen LogP contribution in [0, 0.1) is 0 Å². The van der Waals surface area contributed by atoms with Gasteiger partial charge >= 0.3 is 0 Å². The molecule has 0 aliphatic heterocycles. The number of nitrogens with zero attached hydrogens (tertiary/aromatic N) is 2. The van der Waals surface area contributed by atoms with Crippen LogP contribution in [0.3, 0.4) is 0 Å². The standard InChI is InChI=1S/C11H9BrClN3OS/c1-18-11-15-9(14)5-10(16-11)17-8-3-2-6(13)4-7(8)12/h2-5H,1H3,(H2,14,15,16). The molecule has 2 N–H and O–H groups in total. The molecule has 0 saturated heterocycles. The van der Waals surface area contributed by atoms with Gasteiger partial charge < -0.3 is 10.5 Å². The summed E-state index contributed by atoms with van der Waals surface area (Å²) in [7, 11) is 0. The van der Waals surface area contributed by atoms with Gasteiger partial charge in [0.2, 0.25) is 5.88 Å². The number of nitrogens with two attached hydrogens (primary N) is 1. The highest BCUT2D eigenvalue weighted by Crippen LogP contribution is 2.31. The van der Waals surface area contributed by atoms with Crippen LogP contribution in [-0.2, 0) is 0 Å². The molecule has 4 nitrogen and oxygen atoms in total. The van der Waals surface area contributed by atoms with Gasteiger partial charge in [0.15, 0.2) is 5.16 Å². The third-order valence-corrected chi connectivity index (χ3v) is 3.40. The summed E-state index contributed by atoms with van der Waals surface area (Å²) in [5.74, 6) is 1.38. The molecule has 2 rings (SSSR count). The summed E-state index contributed by atoms with van der Waals surface area (Å²) in [6.45, 7) is 0. The van der Waals surface area contributed by atoms with Crippen LogP contribution in [0.5, 0.6) is 11.6 Å². The van der Waals surface area contributed by atoms with Crippen molar-refractivity contribution >= 4 is 45.1 Å². The zero-order chi connectivity index (χ0) is 13.1. The molecule has 7 heteroatoms. The van der Waals surface area contributed by atoms with E-state index in [1.807, 2.05) is 6.26 Å². The van der Waals surface area contributed by atoms with Crippen LogP contribution in [0.4, 0.5) is 5.82 Å². The normalized spacial score (nSPS) is 10.4. The van der Waals surface area contributed by atoms with E-state index in [1.165, 1.54) is 11.8 Å². The predicted octanol–water partition coefficient (Wildman–Crippen LogP) is 3.99. The van der Waals surface area contributed by atoms with Gasteiger partial charge in [0.05, 0.1) is 4.47 Å². The van der Waals surface area contributed by atoms with Crippen LogP contribution in [0.2, 0.25) is 5.02 Å². The predicted molar refractivity (Wildman–Crippen MR) is 77.5 cm³/mol. The number of benzene rings is 1. The largest absolute Gasteiger partial charge is 0.438 e. The van der Waals surface area contributed by atoms with Gasteiger partial charge in [-0.15, -0.1) is 0 Å². The Morgan fingerprint density at radius 1 is 1.33 bits per heavy atom. The Balaban J connectivity index is 2.30. The number of anilines is 1. The van der Waals surface area contributed by atoms with E-state index in [0.29, 0.717) is 27.6 Å². The molecule has 0 fully saturated rings. The molecule has 94 valence electrons. The number of aromatic nitrogens is 2. The van der Waals surface area contributed by atoms with Gasteiger partial charge in [-0.1, -0.05) is 23.4 Å². The molecule has 1 aromatic heterocycles. The number of halogens is 2. The number of nitrogen functional groups attached to an aromatic ring is 1. The molecular weight excluding hydrogens is 338 g/mol. The molecule has 0 bridgehead atoms. The van der Waals surface area contributed by atoms with E-state index in [9.17, 15) is 0 Å². The summed E-state index contributed by atoms with van der Waals surface area (Å²) in [5.41, 5.74) is 5.67. The maximum absolute atomic E-state index is 5.86. The zero-order valence-corrected chi connectivity index (χ0v) is 12.5. The van der Waals surface area contributed by atoms with Crippen molar-refractivity contribution in [2.45, 2.75) is 5.16 Å². The Labute approximate surface area is 122 Å². The highest BCUT2D eigenvalue weighted by Gasteiger charge is 2.07. The molecule has 2 aromatic rings. The van der Waals surface area contributed by atoms with Gasteiger partial charge in [-0.3, -0.25) is 0 Å². The van der Waals surface area contributed by atoms with E-state index in [4.69, 9.17) is 22.1 Å². The number of hydrogen-bond acceptors (Lipinski definition) is 5. The number of thioether (sulfide) groups is 1. The lowest BCUT2D eigenvalue weighted by molar-refractivity contribution is 0.453.